The first-order valence-electron chi connectivity index (χ1n) is 8.60. The molecule has 2 heterocycles. The molecule has 0 spiro atoms. The average Bonchev–Trinajstić information content (AvgIpc) is 2.97. The zero-order chi connectivity index (χ0) is 16.7. The van der Waals surface area contributed by atoms with Gasteiger partial charge in [-0.2, -0.15) is 0 Å². The minimum Gasteiger partial charge on any atom is -0.342 e. The molecular formula is C18H32N2O2. The van der Waals surface area contributed by atoms with Gasteiger partial charge in [-0.25, -0.2) is 0 Å². The number of rotatable bonds is 3. The highest BCUT2D eigenvalue weighted by atomic mass is 16.2. The summed E-state index contributed by atoms with van der Waals surface area (Å²) in [5.74, 6) is -0.176. The van der Waals surface area contributed by atoms with Gasteiger partial charge in [0, 0.05) is 38.0 Å². The van der Waals surface area contributed by atoms with Crippen LogP contribution < -0.4 is 0 Å². The first kappa shape index (κ1) is 17.3. The van der Waals surface area contributed by atoms with E-state index >= 15 is 0 Å². The molecule has 0 aromatic carbocycles. The van der Waals surface area contributed by atoms with E-state index in [0.717, 1.165) is 39.0 Å². The monoisotopic (exact) mass is 308 g/mol. The maximum Gasteiger partial charge on any atom is 0.226 e. The molecule has 22 heavy (non-hydrogen) atoms. The van der Waals surface area contributed by atoms with Gasteiger partial charge in [0.2, 0.25) is 11.8 Å². The fourth-order valence-corrected chi connectivity index (χ4v) is 3.60. The Hall–Kier alpha value is -1.06. The van der Waals surface area contributed by atoms with E-state index in [1.165, 1.54) is 0 Å². The average molecular weight is 308 g/mol. The van der Waals surface area contributed by atoms with Gasteiger partial charge in [-0.15, -0.1) is 0 Å². The predicted molar refractivity (Wildman–Crippen MR) is 88.3 cm³/mol. The lowest BCUT2D eigenvalue weighted by Crippen LogP contribution is -2.43. The van der Waals surface area contributed by atoms with Crippen molar-refractivity contribution >= 4 is 11.8 Å². The van der Waals surface area contributed by atoms with Gasteiger partial charge < -0.3 is 9.80 Å². The summed E-state index contributed by atoms with van der Waals surface area (Å²) in [5.41, 5.74) is 0.420. The van der Waals surface area contributed by atoms with Crippen LogP contribution in [0, 0.1) is 22.7 Å². The summed E-state index contributed by atoms with van der Waals surface area (Å²) < 4.78 is 0. The largest absolute Gasteiger partial charge is 0.342 e. The lowest BCUT2D eigenvalue weighted by Gasteiger charge is -2.29. The lowest BCUT2D eigenvalue weighted by atomic mass is 9.91. The van der Waals surface area contributed by atoms with Gasteiger partial charge in [0.1, 0.15) is 0 Å². The molecule has 2 saturated heterocycles. The molecule has 0 saturated carbocycles. The zero-order valence-corrected chi connectivity index (χ0v) is 15.1. The topological polar surface area (TPSA) is 40.6 Å². The van der Waals surface area contributed by atoms with Crippen LogP contribution in [-0.2, 0) is 9.59 Å². The van der Waals surface area contributed by atoms with E-state index in [9.17, 15) is 9.59 Å². The predicted octanol–water partition coefficient (Wildman–Crippen LogP) is 2.78. The molecule has 0 aromatic rings. The van der Waals surface area contributed by atoms with E-state index in [0.29, 0.717) is 0 Å². The number of carbonyl (C=O) groups is 2. The van der Waals surface area contributed by atoms with E-state index in [1.807, 2.05) is 23.6 Å². The van der Waals surface area contributed by atoms with Gasteiger partial charge in [-0.3, -0.25) is 9.59 Å². The van der Waals surface area contributed by atoms with Crippen LogP contribution in [0.1, 0.15) is 54.4 Å². The van der Waals surface area contributed by atoms with E-state index in [-0.39, 0.29) is 34.5 Å². The molecule has 2 amide bonds. The minimum absolute atomic E-state index is 0.143. The summed E-state index contributed by atoms with van der Waals surface area (Å²) in [6, 6.07) is 0. The number of hydrogen-bond donors (Lipinski definition) is 0. The molecule has 2 atom stereocenters. The van der Waals surface area contributed by atoms with Crippen molar-refractivity contribution < 1.29 is 9.59 Å². The van der Waals surface area contributed by atoms with Crippen LogP contribution >= 0.6 is 0 Å². The third kappa shape index (κ3) is 3.64. The molecular weight excluding hydrogens is 276 g/mol. The van der Waals surface area contributed by atoms with E-state index in [4.69, 9.17) is 0 Å². The summed E-state index contributed by atoms with van der Waals surface area (Å²) in [5, 5.41) is 0. The van der Waals surface area contributed by atoms with Crippen LogP contribution in [0.3, 0.4) is 0 Å². The molecule has 0 radical (unpaired) electrons. The highest BCUT2D eigenvalue weighted by molar-refractivity contribution is 5.87. The molecule has 4 nitrogen and oxygen atoms in total. The molecule has 2 rings (SSSR count). The summed E-state index contributed by atoms with van der Waals surface area (Å²) in [6.07, 6.45) is 2.10. The molecule has 0 aromatic heterocycles. The van der Waals surface area contributed by atoms with Crippen molar-refractivity contribution in [2.75, 3.05) is 26.2 Å². The molecule has 4 heteroatoms. The van der Waals surface area contributed by atoms with Crippen molar-refractivity contribution in [3.05, 3.63) is 0 Å². The van der Waals surface area contributed by atoms with Crippen LogP contribution in [0.15, 0.2) is 0 Å². The van der Waals surface area contributed by atoms with Gasteiger partial charge in [-0.05, 0) is 23.7 Å². The van der Waals surface area contributed by atoms with Gasteiger partial charge in [0.25, 0.3) is 0 Å². The third-order valence-corrected chi connectivity index (χ3v) is 5.51. The highest BCUT2D eigenvalue weighted by Crippen LogP contribution is 2.33. The number of likely N-dealkylation sites (tertiary alicyclic amines) is 2. The quantitative estimate of drug-likeness (QED) is 0.804. The van der Waals surface area contributed by atoms with E-state index < -0.39 is 0 Å². The molecule has 2 fully saturated rings. The van der Waals surface area contributed by atoms with Gasteiger partial charge in [0.15, 0.2) is 0 Å². The van der Waals surface area contributed by atoms with Crippen LogP contribution in [0.5, 0.6) is 0 Å². The van der Waals surface area contributed by atoms with Crippen LogP contribution in [0.2, 0.25) is 0 Å². The molecule has 0 bridgehead atoms. The second-order valence-corrected chi connectivity index (χ2v) is 8.93. The first-order valence-corrected chi connectivity index (χ1v) is 8.60. The number of carbonyl (C=O) groups excluding carboxylic acids is 2. The zero-order valence-electron chi connectivity index (χ0n) is 15.1. The van der Waals surface area contributed by atoms with Crippen molar-refractivity contribution in [2.45, 2.75) is 54.4 Å². The van der Waals surface area contributed by atoms with Gasteiger partial charge in [-0.1, -0.05) is 41.5 Å². The Morgan fingerprint density at radius 3 is 1.32 bits per heavy atom. The number of amides is 2. The normalized spacial score (nSPS) is 26.1. The minimum atomic E-state index is -0.231. The Labute approximate surface area is 135 Å². The highest BCUT2D eigenvalue weighted by Gasteiger charge is 2.39. The Kier molecular flexibility index (Phi) is 4.61. The summed E-state index contributed by atoms with van der Waals surface area (Å²) in [6.45, 7) is 15.9. The second kappa shape index (κ2) is 5.86. The Morgan fingerprint density at radius 1 is 0.773 bits per heavy atom. The summed E-state index contributed by atoms with van der Waals surface area (Å²) in [4.78, 5) is 29.2. The van der Waals surface area contributed by atoms with Crippen LogP contribution in [0.25, 0.3) is 0 Å². The maximum absolute atomic E-state index is 12.7. The molecule has 0 N–H and O–H groups in total. The van der Waals surface area contributed by atoms with Crippen molar-refractivity contribution in [1.29, 1.82) is 0 Å². The Balaban J connectivity index is 1.95. The van der Waals surface area contributed by atoms with Crippen LogP contribution in [-0.4, -0.2) is 47.8 Å². The third-order valence-electron chi connectivity index (χ3n) is 5.51. The Morgan fingerprint density at radius 2 is 1.09 bits per heavy atom. The smallest absolute Gasteiger partial charge is 0.226 e. The van der Waals surface area contributed by atoms with Crippen LogP contribution in [0.4, 0.5) is 0 Å². The summed E-state index contributed by atoms with van der Waals surface area (Å²) >= 11 is 0. The van der Waals surface area contributed by atoms with Crippen molar-refractivity contribution in [1.82, 2.24) is 9.80 Å². The van der Waals surface area contributed by atoms with Gasteiger partial charge >= 0.3 is 0 Å². The van der Waals surface area contributed by atoms with Crippen molar-refractivity contribution in [3.63, 3.8) is 0 Å². The van der Waals surface area contributed by atoms with Crippen molar-refractivity contribution in [3.8, 4) is 0 Å². The fraction of sp³-hybridized carbons (Fsp3) is 0.889. The fourth-order valence-electron chi connectivity index (χ4n) is 3.60. The standard InChI is InChI=1S/C18H32N2O2/c1-13(15(21)19-9-7-17(3,4)11-19)14(2)16(22)20-10-8-18(5,6)12-20/h13-14H,7-12H2,1-6H3. The van der Waals surface area contributed by atoms with E-state index in [1.54, 1.807) is 0 Å². The molecule has 126 valence electrons. The van der Waals surface area contributed by atoms with Crippen molar-refractivity contribution in [2.24, 2.45) is 22.7 Å². The van der Waals surface area contributed by atoms with Gasteiger partial charge in [0.05, 0.1) is 0 Å². The molecule has 2 aliphatic heterocycles. The molecule has 2 unspecified atom stereocenters. The second-order valence-electron chi connectivity index (χ2n) is 8.93. The number of nitrogens with zero attached hydrogens (tertiary/aromatic N) is 2. The first-order chi connectivity index (χ1) is 10.0. The lowest BCUT2D eigenvalue weighted by molar-refractivity contribution is -0.144. The summed E-state index contributed by atoms with van der Waals surface area (Å²) in [7, 11) is 0. The molecule has 2 aliphatic rings. The maximum atomic E-state index is 12.7. The van der Waals surface area contributed by atoms with E-state index in [2.05, 4.69) is 27.7 Å². The Bertz CT molecular complexity index is 414. The SMILES string of the molecule is CC(C(=O)N1CCC(C)(C)C1)C(C)C(=O)N1CCC(C)(C)C1. The number of hydrogen-bond acceptors (Lipinski definition) is 2. The molecule has 0 aliphatic carbocycles.